The third kappa shape index (κ3) is 5.10. The number of thiocarbonyl (C=S) groups is 1. The van der Waals surface area contributed by atoms with Gasteiger partial charge < -0.3 is 10.6 Å². The predicted octanol–water partition coefficient (Wildman–Crippen LogP) is 6.09. The number of hydrogen-bond acceptors (Lipinski definition) is 1. The Morgan fingerprint density at radius 3 is 2.11 bits per heavy atom. The van der Waals surface area contributed by atoms with Gasteiger partial charge in [-0.15, -0.1) is 0 Å². The second kappa shape index (κ2) is 8.44. The molecule has 144 valence electrons. The predicted molar refractivity (Wildman–Crippen MR) is 110 cm³/mol. The van der Waals surface area contributed by atoms with E-state index in [1.54, 1.807) is 0 Å². The average molecular weight is 400 g/mol. The standard InChI is InChI=1S/C22H19F3N2S/c1-15-6-5-9-17(14-15)20(16-7-3-2-4-8-16)27-21(28)26-19-12-10-18(11-13-19)22(23,24)25/h2-14,20H,1H3,(H2,26,27,28)/t20-/m0/s1. The number of rotatable bonds is 4. The summed E-state index contributed by atoms with van der Waals surface area (Å²) in [6.07, 6.45) is -4.36. The average Bonchev–Trinajstić information content (AvgIpc) is 2.66. The Bertz CT molecular complexity index is 938. The van der Waals surface area contributed by atoms with Crippen LogP contribution in [0.25, 0.3) is 0 Å². The van der Waals surface area contributed by atoms with Crippen molar-refractivity contribution in [3.8, 4) is 0 Å². The fourth-order valence-corrected chi connectivity index (χ4v) is 3.13. The first kappa shape index (κ1) is 19.9. The molecule has 0 amide bonds. The largest absolute Gasteiger partial charge is 0.416 e. The quantitative estimate of drug-likeness (QED) is 0.518. The van der Waals surface area contributed by atoms with Crippen LogP contribution in [0.1, 0.15) is 28.3 Å². The summed E-state index contributed by atoms with van der Waals surface area (Å²) in [6.45, 7) is 2.02. The van der Waals surface area contributed by atoms with E-state index >= 15 is 0 Å². The summed E-state index contributed by atoms with van der Waals surface area (Å²) < 4.78 is 38.1. The molecule has 0 bridgehead atoms. The summed E-state index contributed by atoms with van der Waals surface area (Å²) in [5.41, 5.74) is 3.00. The molecule has 28 heavy (non-hydrogen) atoms. The first-order chi connectivity index (χ1) is 13.3. The molecule has 0 unspecified atom stereocenters. The van der Waals surface area contributed by atoms with Crippen LogP contribution in [0.5, 0.6) is 0 Å². The maximum atomic E-state index is 12.7. The minimum atomic E-state index is -4.36. The molecular formula is C22H19F3N2S. The number of anilines is 1. The van der Waals surface area contributed by atoms with E-state index in [-0.39, 0.29) is 6.04 Å². The van der Waals surface area contributed by atoms with Gasteiger partial charge in [-0.25, -0.2) is 0 Å². The maximum Gasteiger partial charge on any atom is 0.416 e. The second-order valence-electron chi connectivity index (χ2n) is 6.43. The molecule has 1 atom stereocenters. The Kier molecular flexibility index (Phi) is 5.99. The molecule has 0 saturated heterocycles. The van der Waals surface area contributed by atoms with Gasteiger partial charge in [-0.3, -0.25) is 0 Å². The van der Waals surface area contributed by atoms with Crippen molar-refractivity contribution in [3.63, 3.8) is 0 Å². The Hall–Kier alpha value is -2.86. The number of hydrogen-bond donors (Lipinski definition) is 2. The molecule has 0 spiro atoms. The third-order valence-corrected chi connectivity index (χ3v) is 4.47. The zero-order valence-electron chi connectivity index (χ0n) is 15.1. The van der Waals surface area contributed by atoms with Crippen molar-refractivity contribution in [1.29, 1.82) is 0 Å². The number of aryl methyl sites for hydroxylation is 1. The van der Waals surface area contributed by atoms with E-state index in [0.717, 1.165) is 28.8 Å². The van der Waals surface area contributed by atoms with Crippen LogP contribution in [-0.4, -0.2) is 5.11 Å². The molecule has 2 N–H and O–H groups in total. The molecule has 0 radical (unpaired) electrons. The van der Waals surface area contributed by atoms with Gasteiger partial charge in [0.2, 0.25) is 0 Å². The van der Waals surface area contributed by atoms with Crippen LogP contribution in [0.4, 0.5) is 18.9 Å². The van der Waals surface area contributed by atoms with Gasteiger partial charge in [0.25, 0.3) is 0 Å². The van der Waals surface area contributed by atoms with Crippen LogP contribution in [0.2, 0.25) is 0 Å². The molecule has 0 aliphatic rings. The highest BCUT2D eigenvalue weighted by molar-refractivity contribution is 7.80. The normalized spacial score (nSPS) is 12.3. The van der Waals surface area contributed by atoms with Gasteiger partial charge in [0.15, 0.2) is 5.11 Å². The smallest absolute Gasteiger partial charge is 0.352 e. The summed E-state index contributed by atoms with van der Waals surface area (Å²) in [7, 11) is 0. The van der Waals surface area contributed by atoms with Crippen molar-refractivity contribution in [3.05, 3.63) is 101 Å². The first-order valence-electron chi connectivity index (χ1n) is 8.69. The van der Waals surface area contributed by atoms with Gasteiger partial charge in [0.05, 0.1) is 11.6 Å². The van der Waals surface area contributed by atoms with E-state index in [2.05, 4.69) is 16.7 Å². The molecule has 6 heteroatoms. The summed E-state index contributed by atoms with van der Waals surface area (Å²) in [4.78, 5) is 0. The van der Waals surface area contributed by atoms with E-state index in [4.69, 9.17) is 12.2 Å². The van der Waals surface area contributed by atoms with Gasteiger partial charge in [-0.1, -0.05) is 60.2 Å². The van der Waals surface area contributed by atoms with Gasteiger partial charge in [-0.2, -0.15) is 13.2 Å². The van der Waals surface area contributed by atoms with Crippen molar-refractivity contribution < 1.29 is 13.2 Å². The molecule has 0 aromatic heterocycles. The first-order valence-corrected chi connectivity index (χ1v) is 9.10. The Morgan fingerprint density at radius 1 is 0.857 bits per heavy atom. The third-order valence-electron chi connectivity index (χ3n) is 4.25. The molecule has 0 heterocycles. The van der Waals surface area contributed by atoms with Crippen molar-refractivity contribution in [2.45, 2.75) is 19.1 Å². The monoisotopic (exact) mass is 400 g/mol. The van der Waals surface area contributed by atoms with E-state index < -0.39 is 11.7 Å². The molecule has 2 nitrogen and oxygen atoms in total. The molecule has 0 aliphatic carbocycles. The highest BCUT2D eigenvalue weighted by Gasteiger charge is 2.30. The fraction of sp³-hybridized carbons (Fsp3) is 0.136. The highest BCUT2D eigenvalue weighted by Crippen LogP contribution is 2.30. The molecule has 3 aromatic rings. The topological polar surface area (TPSA) is 24.1 Å². The van der Waals surface area contributed by atoms with E-state index in [0.29, 0.717) is 10.8 Å². The summed E-state index contributed by atoms with van der Waals surface area (Å²) in [5.74, 6) is 0. The van der Waals surface area contributed by atoms with Gasteiger partial charge in [0.1, 0.15) is 0 Å². The zero-order valence-corrected chi connectivity index (χ0v) is 15.9. The van der Waals surface area contributed by atoms with Crippen LogP contribution in [-0.2, 0) is 6.18 Å². The van der Waals surface area contributed by atoms with Crippen LogP contribution in [0.3, 0.4) is 0 Å². The lowest BCUT2D eigenvalue weighted by atomic mass is 9.97. The summed E-state index contributed by atoms with van der Waals surface area (Å²) in [6, 6.07) is 22.5. The Balaban J connectivity index is 1.78. The SMILES string of the molecule is Cc1cccc([C@@H](NC(=S)Nc2ccc(C(F)(F)F)cc2)c2ccccc2)c1. The molecule has 3 aromatic carbocycles. The fourth-order valence-electron chi connectivity index (χ4n) is 2.90. The minimum absolute atomic E-state index is 0.185. The number of benzene rings is 3. The zero-order chi connectivity index (χ0) is 20.1. The van der Waals surface area contributed by atoms with Crippen molar-refractivity contribution in [1.82, 2.24) is 5.32 Å². The van der Waals surface area contributed by atoms with Crippen molar-refractivity contribution in [2.75, 3.05) is 5.32 Å². The van der Waals surface area contributed by atoms with Gasteiger partial charge in [0, 0.05) is 5.69 Å². The molecular weight excluding hydrogens is 381 g/mol. The summed E-state index contributed by atoms with van der Waals surface area (Å²) in [5, 5.41) is 6.56. The van der Waals surface area contributed by atoms with Gasteiger partial charge >= 0.3 is 6.18 Å². The molecule has 0 fully saturated rings. The van der Waals surface area contributed by atoms with Crippen LogP contribution >= 0.6 is 12.2 Å². The highest BCUT2D eigenvalue weighted by atomic mass is 32.1. The van der Waals surface area contributed by atoms with E-state index in [1.807, 2.05) is 55.5 Å². The number of nitrogens with one attached hydrogen (secondary N) is 2. The summed E-state index contributed by atoms with van der Waals surface area (Å²) >= 11 is 5.41. The molecule has 0 saturated carbocycles. The van der Waals surface area contributed by atoms with Gasteiger partial charge in [-0.05, 0) is 54.5 Å². The van der Waals surface area contributed by atoms with Crippen molar-refractivity contribution >= 4 is 23.0 Å². The maximum absolute atomic E-state index is 12.7. The van der Waals surface area contributed by atoms with Crippen molar-refractivity contribution in [2.24, 2.45) is 0 Å². The number of halogens is 3. The van der Waals surface area contributed by atoms with Crippen LogP contribution in [0, 0.1) is 6.92 Å². The molecule has 3 rings (SSSR count). The Labute approximate surface area is 167 Å². The van der Waals surface area contributed by atoms with Crippen LogP contribution < -0.4 is 10.6 Å². The lowest BCUT2D eigenvalue weighted by Gasteiger charge is -2.22. The number of alkyl halides is 3. The second-order valence-corrected chi connectivity index (χ2v) is 6.84. The lowest BCUT2D eigenvalue weighted by Crippen LogP contribution is -2.33. The van der Waals surface area contributed by atoms with E-state index in [1.165, 1.54) is 12.1 Å². The van der Waals surface area contributed by atoms with Crippen LogP contribution in [0.15, 0.2) is 78.9 Å². The van der Waals surface area contributed by atoms with E-state index in [9.17, 15) is 13.2 Å². The lowest BCUT2D eigenvalue weighted by molar-refractivity contribution is -0.137. The Morgan fingerprint density at radius 2 is 1.50 bits per heavy atom. The molecule has 0 aliphatic heterocycles. The minimum Gasteiger partial charge on any atom is -0.352 e.